The Kier molecular flexibility index (Phi) is 35.5. The van der Waals surface area contributed by atoms with Crippen LogP contribution in [0.4, 0.5) is 0 Å². The molecule has 0 radical (unpaired) electrons. The van der Waals surface area contributed by atoms with E-state index < -0.39 is 0 Å². The number of carbonyl (C=O) groups excluding carboxylic acids is 1. The zero-order chi connectivity index (χ0) is 42.1. The van der Waals surface area contributed by atoms with Gasteiger partial charge in [0.1, 0.15) is 19.8 Å². The van der Waals surface area contributed by atoms with Crippen molar-refractivity contribution in [2.45, 2.75) is 51.0 Å². The summed E-state index contributed by atoms with van der Waals surface area (Å²) in [4.78, 5) is 13.7. The number of rotatable bonds is 41. The Morgan fingerprint density at radius 3 is 1.05 bits per heavy atom. The Labute approximate surface area is 352 Å². The van der Waals surface area contributed by atoms with Crippen molar-refractivity contribution in [2.75, 3.05) is 180 Å². The quantitative estimate of drug-likeness (QED) is 0.0946. The fourth-order valence-corrected chi connectivity index (χ4v) is 5.61. The lowest BCUT2D eigenvalue weighted by Crippen LogP contribution is -2.35. The molecule has 1 amide bonds. The molecule has 1 N–H and O–H groups in total. The van der Waals surface area contributed by atoms with Gasteiger partial charge in [-0.15, -0.1) is 0 Å². The van der Waals surface area contributed by atoms with Gasteiger partial charge >= 0.3 is 0 Å². The van der Waals surface area contributed by atoms with Crippen LogP contribution in [0.3, 0.4) is 0 Å². The van der Waals surface area contributed by atoms with Gasteiger partial charge in [0.2, 0.25) is 5.75 Å². The largest absolute Gasteiger partial charge is 0.487 e. The molecule has 2 rings (SSSR count). The van der Waals surface area contributed by atoms with Gasteiger partial charge in [0.25, 0.3) is 5.91 Å². The van der Waals surface area contributed by atoms with Crippen LogP contribution in [0.5, 0.6) is 17.2 Å². The molecule has 0 unspecified atom stereocenters. The lowest BCUT2D eigenvalue weighted by molar-refractivity contribution is -0.00160. The van der Waals surface area contributed by atoms with Gasteiger partial charge in [0.05, 0.1) is 139 Å². The van der Waals surface area contributed by atoms with Crippen LogP contribution in [-0.2, 0) is 56.8 Å². The highest BCUT2D eigenvalue weighted by molar-refractivity contribution is 5.95. The SMILES string of the molecule is COCCOCCOCCOCCOc1cc(C(=O)NC2CCCCCCC2)cc(OCCOCCOCCOCCOC)c1OCCOCCOCCOCCOC. The monoisotopic (exact) mass is 850 g/mol. The van der Waals surface area contributed by atoms with E-state index in [0.29, 0.717) is 142 Å². The first-order valence-corrected chi connectivity index (χ1v) is 21.2. The van der Waals surface area contributed by atoms with Crippen molar-refractivity contribution in [1.82, 2.24) is 5.32 Å². The number of hydrogen-bond acceptors (Lipinski definition) is 16. The molecule has 0 aliphatic heterocycles. The third kappa shape index (κ3) is 29.5. The standard InChI is InChI=1S/C42H75NO16/c1-45-11-14-48-17-20-51-23-26-54-29-32-57-39-35-37(42(44)43-38-9-7-5-4-6-8-10-38)36-40(58-33-30-55-27-24-52-21-18-49-15-12-46-2)41(39)59-34-31-56-28-25-53-22-19-50-16-13-47-3/h35-36,38H,4-34H2,1-3H3,(H,43,44). The molecule has 17 nitrogen and oxygen atoms in total. The van der Waals surface area contributed by atoms with Crippen LogP contribution in [0, 0.1) is 0 Å². The predicted octanol–water partition coefficient (Wildman–Crippen LogP) is 3.75. The van der Waals surface area contributed by atoms with Crippen molar-refractivity contribution >= 4 is 5.91 Å². The van der Waals surface area contributed by atoms with Crippen molar-refractivity contribution in [1.29, 1.82) is 0 Å². The molecule has 0 atom stereocenters. The van der Waals surface area contributed by atoms with E-state index in [9.17, 15) is 4.79 Å². The lowest BCUT2D eigenvalue weighted by atomic mass is 9.96. The lowest BCUT2D eigenvalue weighted by Gasteiger charge is -2.22. The summed E-state index contributed by atoms with van der Waals surface area (Å²) in [5, 5.41) is 3.26. The molecule has 0 aromatic heterocycles. The molecular weight excluding hydrogens is 774 g/mol. The van der Waals surface area contributed by atoms with Gasteiger partial charge in [-0.2, -0.15) is 0 Å². The number of nitrogens with one attached hydrogen (secondary N) is 1. The maximum atomic E-state index is 13.7. The molecule has 0 heterocycles. The maximum absolute atomic E-state index is 13.7. The number of methoxy groups -OCH3 is 3. The average molecular weight is 850 g/mol. The summed E-state index contributed by atoms with van der Waals surface area (Å²) in [5.74, 6) is 0.882. The highest BCUT2D eigenvalue weighted by Crippen LogP contribution is 2.39. The molecule has 0 bridgehead atoms. The molecule has 1 fully saturated rings. The van der Waals surface area contributed by atoms with Crippen molar-refractivity contribution in [2.24, 2.45) is 0 Å². The second-order valence-corrected chi connectivity index (χ2v) is 13.4. The minimum absolute atomic E-state index is 0.108. The van der Waals surface area contributed by atoms with E-state index in [1.54, 1.807) is 33.5 Å². The molecule has 59 heavy (non-hydrogen) atoms. The topological polar surface area (TPSA) is 168 Å². The third-order valence-electron chi connectivity index (χ3n) is 8.70. The molecule has 1 aliphatic carbocycles. The Balaban J connectivity index is 2.02. The molecular formula is C42H75NO16. The molecule has 1 aliphatic rings. The van der Waals surface area contributed by atoms with Crippen molar-refractivity contribution in [3.05, 3.63) is 17.7 Å². The van der Waals surface area contributed by atoms with Gasteiger partial charge in [-0.1, -0.05) is 32.1 Å². The van der Waals surface area contributed by atoms with Crippen LogP contribution in [0.2, 0.25) is 0 Å². The fraction of sp³-hybridized carbons (Fsp3) is 0.833. The number of amides is 1. The zero-order valence-electron chi connectivity index (χ0n) is 36.2. The smallest absolute Gasteiger partial charge is 0.251 e. The minimum Gasteiger partial charge on any atom is -0.487 e. The van der Waals surface area contributed by atoms with Gasteiger partial charge < -0.3 is 76.4 Å². The van der Waals surface area contributed by atoms with Crippen LogP contribution in [0.15, 0.2) is 12.1 Å². The van der Waals surface area contributed by atoms with Gasteiger partial charge in [-0.3, -0.25) is 4.79 Å². The summed E-state index contributed by atoms with van der Waals surface area (Å²) >= 11 is 0. The number of carbonyl (C=O) groups is 1. The molecule has 1 aromatic carbocycles. The number of benzene rings is 1. The van der Waals surface area contributed by atoms with E-state index in [2.05, 4.69) is 5.32 Å². The molecule has 344 valence electrons. The van der Waals surface area contributed by atoms with E-state index in [1.807, 2.05) is 0 Å². The number of hydrogen-bond donors (Lipinski definition) is 1. The zero-order valence-corrected chi connectivity index (χ0v) is 36.2. The van der Waals surface area contributed by atoms with Crippen LogP contribution in [0.1, 0.15) is 55.3 Å². The summed E-state index contributed by atoms with van der Waals surface area (Å²) in [7, 11) is 4.90. The maximum Gasteiger partial charge on any atom is 0.251 e. The highest BCUT2D eigenvalue weighted by Gasteiger charge is 2.22. The summed E-state index contributed by atoms with van der Waals surface area (Å²) in [6, 6.07) is 3.50. The summed E-state index contributed by atoms with van der Waals surface area (Å²) in [5.41, 5.74) is 0.410. The Hall–Kier alpha value is -2.39. The van der Waals surface area contributed by atoms with Crippen LogP contribution < -0.4 is 19.5 Å². The van der Waals surface area contributed by atoms with E-state index in [1.165, 1.54) is 19.3 Å². The Morgan fingerprint density at radius 2 is 0.712 bits per heavy atom. The van der Waals surface area contributed by atoms with Crippen molar-refractivity contribution < 1.29 is 75.8 Å². The van der Waals surface area contributed by atoms with E-state index in [-0.39, 0.29) is 51.6 Å². The van der Waals surface area contributed by atoms with Gasteiger partial charge in [-0.25, -0.2) is 0 Å². The van der Waals surface area contributed by atoms with E-state index in [4.69, 9.17) is 71.1 Å². The second-order valence-electron chi connectivity index (χ2n) is 13.4. The minimum atomic E-state index is -0.191. The fourth-order valence-electron chi connectivity index (χ4n) is 5.61. The normalized spacial score (nSPS) is 13.6. The van der Waals surface area contributed by atoms with Crippen molar-refractivity contribution in [3.63, 3.8) is 0 Å². The predicted molar refractivity (Wildman–Crippen MR) is 219 cm³/mol. The second kappa shape index (κ2) is 39.7. The summed E-state index contributed by atoms with van der Waals surface area (Å²) in [6.07, 6.45) is 7.72. The first kappa shape index (κ1) is 52.7. The van der Waals surface area contributed by atoms with E-state index >= 15 is 0 Å². The summed E-state index contributed by atoms with van der Waals surface area (Å²) < 4.78 is 83.8. The Bertz CT molecular complexity index is 1050. The van der Waals surface area contributed by atoms with Crippen LogP contribution in [0.25, 0.3) is 0 Å². The number of ether oxygens (including phenoxy) is 15. The van der Waals surface area contributed by atoms with Crippen molar-refractivity contribution in [3.8, 4) is 17.2 Å². The molecule has 0 spiro atoms. The molecule has 0 saturated heterocycles. The van der Waals surface area contributed by atoms with E-state index in [0.717, 1.165) is 25.7 Å². The first-order valence-electron chi connectivity index (χ1n) is 21.2. The molecule has 1 saturated carbocycles. The van der Waals surface area contributed by atoms with Crippen LogP contribution in [-0.4, -0.2) is 192 Å². The van der Waals surface area contributed by atoms with Gasteiger partial charge in [0, 0.05) is 32.9 Å². The molecule has 1 aromatic rings. The molecule has 17 heteroatoms. The van der Waals surface area contributed by atoms with Crippen LogP contribution >= 0.6 is 0 Å². The third-order valence-corrected chi connectivity index (χ3v) is 8.70. The first-order chi connectivity index (χ1) is 29.2. The Morgan fingerprint density at radius 1 is 0.424 bits per heavy atom. The van der Waals surface area contributed by atoms with Gasteiger partial charge in [0.15, 0.2) is 11.5 Å². The summed E-state index contributed by atoms with van der Waals surface area (Å²) in [6.45, 7) is 9.97. The van der Waals surface area contributed by atoms with Gasteiger partial charge in [-0.05, 0) is 25.0 Å². The highest BCUT2D eigenvalue weighted by atomic mass is 16.6. The average Bonchev–Trinajstić information content (AvgIpc) is 3.23.